The highest BCUT2D eigenvalue weighted by atomic mass is 16.6. The Morgan fingerprint density at radius 3 is 1.83 bits per heavy atom. The van der Waals surface area contributed by atoms with Gasteiger partial charge in [0, 0.05) is 23.8 Å². The van der Waals surface area contributed by atoms with Crippen LogP contribution >= 0.6 is 0 Å². The molecule has 11 nitrogen and oxygen atoms in total. The number of esters is 2. The average molecular weight is 653 g/mol. The van der Waals surface area contributed by atoms with E-state index in [2.05, 4.69) is 62.2 Å². The van der Waals surface area contributed by atoms with Gasteiger partial charge in [-0.1, -0.05) is 41.5 Å². The van der Waals surface area contributed by atoms with Gasteiger partial charge in [0.05, 0.1) is 24.1 Å². The summed E-state index contributed by atoms with van der Waals surface area (Å²) < 4.78 is 17.1. The van der Waals surface area contributed by atoms with Gasteiger partial charge in [-0.3, -0.25) is 19.7 Å². The van der Waals surface area contributed by atoms with Crippen molar-refractivity contribution in [3.05, 3.63) is 28.3 Å². The molecule has 4 unspecified atom stereocenters. The van der Waals surface area contributed by atoms with E-state index in [0.717, 1.165) is 25.7 Å². The fourth-order valence-electron chi connectivity index (χ4n) is 8.14. The minimum atomic E-state index is -0.721. The summed E-state index contributed by atoms with van der Waals surface area (Å²) >= 11 is 0. The third-order valence-corrected chi connectivity index (χ3v) is 9.98. The van der Waals surface area contributed by atoms with Gasteiger partial charge in [0.2, 0.25) is 5.91 Å². The number of amidine groups is 1. The van der Waals surface area contributed by atoms with E-state index in [1.807, 2.05) is 0 Å². The first kappa shape index (κ1) is 36.0. The number of alkyl carbamates (subject to hydrolysis) is 1. The number of aromatic nitrogens is 1. The quantitative estimate of drug-likeness (QED) is 0.265. The molecule has 2 saturated carbocycles. The first-order chi connectivity index (χ1) is 22.1. The molecule has 2 fully saturated rings. The third kappa shape index (κ3) is 8.16. The summed E-state index contributed by atoms with van der Waals surface area (Å²) in [5.41, 5.74) is 2.06. The molecule has 0 aromatic carbocycles. The summed E-state index contributed by atoms with van der Waals surface area (Å²) in [7, 11) is 0. The molecule has 0 spiro atoms. The zero-order valence-corrected chi connectivity index (χ0v) is 29.5. The summed E-state index contributed by atoms with van der Waals surface area (Å²) in [6.45, 7) is 19.5. The van der Waals surface area contributed by atoms with E-state index in [9.17, 15) is 19.2 Å². The summed E-state index contributed by atoms with van der Waals surface area (Å²) in [5.74, 6) is 0.862. The second kappa shape index (κ2) is 14.9. The van der Waals surface area contributed by atoms with Crippen LogP contribution < -0.4 is 15.4 Å². The number of aliphatic imine (C=N–C) groups is 1. The van der Waals surface area contributed by atoms with Crippen molar-refractivity contribution < 1.29 is 33.4 Å². The SMILES string of the molecule is CCOC(=O)NC1=N/C(=C\c2[nH]c(NC(C)=O)c(OC(=O)C3C(C)CC(C)CC3C)c2C)C(C)=C1OC(=O)C1C(C)CC(C)CC1C. The number of rotatable bonds is 7. The average Bonchev–Trinajstić information content (AvgIpc) is 3.37. The molecule has 4 rings (SSSR count). The zero-order chi connectivity index (χ0) is 34.7. The number of nitrogens with one attached hydrogen (secondary N) is 3. The molecule has 1 aliphatic heterocycles. The number of carbonyl (C=O) groups excluding carboxylic acids is 4. The number of nitrogens with zero attached hydrogens (tertiary/aromatic N) is 1. The minimum Gasteiger partial charge on any atom is -0.450 e. The maximum Gasteiger partial charge on any atom is 0.412 e. The molecule has 2 heterocycles. The molecule has 258 valence electrons. The van der Waals surface area contributed by atoms with Crippen molar-refractivity contribution in [3.63, 3.8) is 0 Å². The normalized spacial score (nSPS) is 30.1. The second-order valence-electron chi connectivity index (χ2n) is 14.3. The lowest BCUT2D eigenvalue weighted by Gasteiger charge is -2.36. The van der Waals surface area contributed by atoms with Crippen molar-refractivity contribution in [1.82, 2.24) is 10.3 Å². The van der Waals surface area contributed by atoms with E-state index in [-0.39, 0.29) is 83.1 Å². The predicted molar refractivity (Wildman–Crippen MR) is 180 cm³/mol. The fourth-order valence-corrected chi connectivity index (χ4v) is 8.14. The second-order valence-corrected chi connectivity index (χ2v) is 14.3. The molecule has 11 heteroatoms. The number of amides is 2. The molecule has 4 atom stereocenters. The van der Waals surface area contributed by atoms with Gasteiger partial charge in [-0.25, -0.2) is 9.79 Å². The molecule has 1 aromatic rings. The maximum absolute atomic E-state index is 13.6. The number of carbonyl (C=O) groups is 4. The molecule has 47 heavy (non-hydrogen) atoms. The Labute approximate surface area is 278 Å². The highest BCUT2D eigenvalue weighted by Crippen LogP contribution is 2.42. The number of anilines is 1. The van der Waals surface area contributed by atoms with Crippen LogP contribution in [0.3, 0.4) is 0 Å². The summed E-state index contributed by atoms with van der Waals surface area (Å²) in [4.78, 5) is 59.5. The predicted octanol–water partition coefficient (Wildman–Crippen LogP) is 7.14. The minimum absolute atomic E-state index is 0.0671. The van der Waals surface area contributed by atoms with Gasteiger partial charge in [-0.2, -0.15) is 0 Å². The standard InChI is InChI=1S/C36H52N4O7/c1-11-45-36(44)40-33-31(47-35(43)29-21(6)14-18(3)15-22(29)7)24(9)27(39-33)16-26-23(8)30(32(38-26)37-25(10)41)46-34(42)28-19(4)12-17(2)13-20(28)5/h16-22,28-29,38H,11-15H2,1-10H3,(H,37,41)(H,39,40,44)/b27-16-. The van der Waals surface area contributed by atoms with Crippen LogP contribution in [0, 0.1) is 54.3 Å². The highest BCUT2D eigenvalue weighted by molar-refractivity contribution is 6.10. The lowest BCUT2D eigenvalue weighted by Crippen LogP contribution is -2.38. The number of H-pyrrole nitrogens is 1. The Morgan fingerprint density at radius 1 is 0.830 bits per heavy atom. The topological polar surface area (TPSA) is 148 Å². The lowest BCUT2D eigenvalue weighted by atomic mass is 9.69. The highest BCUT2D eigenvalue weighted by Gasteiger charge is 2.40. The molecular weight excluding hydrogens is 600 g/mol. The van der Waals surface area contributed by atoms with Crippen LogP contribution in [0.1, 0.15) is 99.3 Å². The van der Waals surface area contributed by atoms with Crippen LogP contribution in [0.25, 0.3) is 6.08 Å². The van der Waals surface area contributed by atoms with Crippen molar-refractivity contribution in [2.24, 2.45) is 52.3 Å². The van der Waals surface area contributed by atoms with Gasteiger partial charge in [0.15, 0.2) is 23.2 Å². The van der Waals surface area contributed by atoms with Gasteiger partial charge in [-0.05, 0) is 88.0 Å². The summed E-state index contributed by atoms with van der Waals surface area (Å²) in [6, 6.07) is 0. The van der Waals surface area contributed by atoms with Gasteiger partial charge in [-0.15, -0.1) is 0 Å². The largest absolute Gasteiger partial charge is 0.450 e. The molecule has 0 radical (unpaired) electrons. The van der Waals surface area contributed by atoms with Crippen molar-refractivity contribution in [3.8, 4) is 5.75 Å². The third-order valence-electron chi connectivity index (χ3n) is 9.98. The van der Waals surface area contributed by atoms with Crippen LogP contribution in [-0.2, 0) is 23.9 Å². The molecule has 3 N–H and O–H groups in total. The van der Waals surface area contributed by atoms with E-state index in [0.29, 0.717) is 34.4 Å². The first-order valence-corrected chi connectivity index (χ1v) is 17.0. The Bertz CT molecular complexity index is 1460. The lowest BCUT2D eigenvalue weighted by molar-refractivity contribution is -0.149. The maximum atomic E-state index is 13.6. The van der Waals surface area contributed by atoms with Gasteiger partial charge < -0.3 is 24.5 Å². The molecule has 0 saturated heterocycles. The van der Waals surface area contributed by atoms with E-state index in [1.165, 1.54) is 6.92 Å². The van der Waals surface area contributed by atoms with E-state index < -0.39 is 6.09 Å². The van der Waals surface area contributed by atoms with E-state index in [1.54, 1.807) is 26.8 Å². The fraction of sp³-hybridized carbons (Fsp3) is 0.639. The molecule has 2 amide bonds. The van der Waals surface area contributed by atoms with Crippen LogP contribution in [-0.4, -0.2) is 41.4 Å². The number of aromatic amines is 1. The monoisotopic (exact) mass is 652 g/mol. The van der Waals surface area contributed by atoms with Crippen LogP contribution in [0.2, 0.25) is 0 Å². The number of ether oxygens (including phenoxy) is 3. The Kier molecular flexibility index (Phi) is 11.4. The molecular formula is C36H52N4O7. The number of allylic oxidation sites excluding steroid dienone is 1. The summed E-state index contributed by atoms with van der Waals surface area (Å²) in [5, 5.41) is 5.37. The van der Waals surface area contributed by atoms with Crippen LogP contribution in [0.4, 0.5) is 10.6 Å². The Morgan fingerprint density at radius 2 is 1.34 bits per heavy atom. The zero-order valence-electron chi connectivity index (χ0n) is 29.5. The molecule has 0 bridgehead atoms. The van der Waals surface area contributed by atoms with Crippen molar-refractivity contribution >= 4 is 41.7 Å². The number of hydrogen-bond donors (Lipinski definition) is 3. The number of hydrogen-bond acceptors (Lipinski definition) is 8. The molecule has 1 aromatic heterocycles. The van der Waals surface area contributed by atoms with Gasteiger partial charge in [0.25, 0.3) is 0 Å². The van der Waals surface area contributed by atoms with Crippen molar-refractivity contribution in [1.29, 1.82) is 0 Å². The Hall–Kier alpha value is -3.89. The van der Waals surface area contributed by atoms with Crippen molar-refractivity contribution in [2.75, 3.05) is 11.9 Å². The molecule has 2 aliphatic carbocycles. The van der Waals surface area contributed by atoms with E-state index in [4.69, 9.17) is 14.2 Å². The molecule has 3 aliphatic rings. The van der Waals surface area contributed by atoms with Crippen molar-refractivity contribution in [2.45, 2.75) is 94.9 Å². The summed E-state index contributed by atoms with van der Waals surface area (Å²) in [6.07, 6.45) is 4.75. The van der Waals surface area contributed by atoms with Crippen LogP contribution in [0.15, 0.2) is 22.0 Å². The smallest absolute Gasteiger partial charge is 0.412 e. The van der Waals surface area contributed by atoms with Crippen LogP contribution in [0.5, 0.6) is 5.75 Å². The Balaban J connectivity index is 1.69. The first-order valence-electron chi connectivity index (χ1n) is 17.0. The van der Waals surface area contributed by atoms with E-state index >= 15 is 0 Å². The van der Waals surface area contributed by atoms with Gasteiger partial charge >= 0.3 is 18.0 Å². The van der Waals surface area contributed by atoms with Gasteiger partial charge in [0.1, 0.15) is 0 Å².